The van der Waals surface area contributed by atoms with Crippen molar-refractivity contribution < 1.29 is 9.32 Å². The third-order valence-electron chi connectivity index (χ3n) is 5.50. The van der Waals surface area contributed by atoms with Crippen LogP contribution in [0.25, 0.3) is 0 Å². The molecule has 0 saturated carbocycles. The van der Waals surface area contributed by atoms with Gasteiger partial charge in [0.05, 0.1) is 0 Å². The Morgan fingerprint density at radius 1 is 1.03 bits per heavy atom. The van der Waals surface area contributed by atoms with E-state index in [4.69, 9.17) is 4.52 Å². The Kier molecular flexibility index (Phi) is 6.26. The molecule has 30 heavy (non-hydrogen) atoms. The first-order valence-electron chi connectivity index (χ1n) is 10.4. The molecule has 2 heterocycles. The Bertz CT molecular complexity index is 978. The fourth-order valence-corrected chi connectivity index (χ4v) is 4.03. The van der Waals surface area contributed by atoms with Gasteiger partial charge in [-0.1, -0.05) is 65.3 Å². The summed E-state index contributed by atoms with van der Waals surface area (Å²) in [6.07, 6.45) is 0. The van der Waals surface area contributed by atoms with Crippen molar-refractivity contribution in [2.75, 3.05) is 31.5 Å². The lowest BCUT2D eigenvalue weighted by Crippen LogP contribution is -2.49. The van der Waals surface area contributed by atoms with Crippen molar-refractivity contribution in [1.29, 1.82) is 0 Å². The van der Waals surface area contributed by atoms with E-state index in [2.05, 4.69) is 51.5 Å². The van der Waals surface area contributed by atoms with Crippen molar-refractivity contribution in [3.05, 3.63) is 83.1 Å². The predicted octanol–water partition coefficient (Wildman–Crippen LogP) is 3.79. The van der Waals surface area contributed by atoms with Crippen molar-refractivity contribution in [3.63, 3.8) is 0 Å². The van der Waals surface area contributed by atoms with Gasteiger partial charge in [-0.2, -0.15) is 0 Å². The maximum Gasteiger partial charge on any atom is 0.247 e. The molecule has 156 valence electrons. The first-order valence-corrected chi connectivity index (χ1v) is 10.4. The second-order valence-electron chi connectivity index (χ2n) is 7.93. The van der Waals surface area contributed by atoms with Crippen LogP contribution in [0.1, 0.15) is 28.5 Å². The summed E-state index contributed by atoms with van der Waals surface area (Å²) in [7, 11) is 0. The number of piperazine rings is 1. The molecule has 6 nitrogen and oxygen atoms in total. The molecule has 3 aromatic rings. The molecule has 1 aromatic heterocycles. The van der Waals surface area contributed by atoms with Gasteiger partial charge in [-0.15, -0.1) is 0 Å². The Hall–Kier alpha value is -2.96. The van der Waals surface area contributed by atoms with Crippen LogP contribution in [0, 0.1) is 13.8 Å². The zero-order valence-corrected chi connectivity index (χ0v) is 17.5. The first kappa shape index (κ1) is 20.3. The van der Waals surface area contributed by atoms with Crippen molar-refractivity contribution in [3.8, 4) is 0 Å². The summed E-state index contributed by atoms with van der Waals surface area (Å²) in [5, 5.41) is 6.83. The predicted molar refractivity (Wildman–Crippen MR) is 117 cm³/mol. The van der Waals surface area contributed by atoms with Crippen molar-refractivity contribution in [2.45, 2.75) is 26.4 Å². The average Bonchev–Trinajstić information content (AvgIpc) is 3.15. The number of nitrogens with zero attached hydrogens (tertiary/aromatic N) is 3. The van der Waals surface area contributed by atoms with Gasteiger partial charge in [-0.05, 0) is 25.0 Å². The standard InChI is InChI=1S/C24H28N4O2/c1-18-7-6-8-20(15-18)17-27-11-13-28(14-12-27)23(21-9-4-3-5-10-21)24(29)25-22-16-19(2)30-26-22/h3-10,15-16,23H,11-14,17H2,1-2H3,(H,25,26,29). The van der Waals surface area contributed by atoms with Crippen LogP contribution in [0.3, 0.4) is 0 Å². The second-order valence-corrected chi connectivity index (χ2v) is 7.93. The molecular weight excluding hydrogens is 376 g/mol. The van der Waals surface area contributed by atoms with E-state index in [1.165, 1.54) is 11.1 Å². The number of hydrogen-bond donors (Lipinski definition) is 1. The van der Waals surface area contributed by atoms with E-state index < -0.39 is 0 Å². The van der Waals surface area contributed by atoms with Crippen molar-refractivity contribution in [2.24, 2.45) is 0 Å². The molecule has 1 aliphatic rings. The molecule has 0 aliphatic carbocycles. The van der Waals surface area contributed by atoms with Gasteiger partial charge >= 0.3 is 0 Å². The highest BCUT2D eigenvalue weighted by molar-refractivity contribution is 5.94. The number of hydrogen-bond acceptors (Lipinski definition) is 5. The lowest BCUT2D eigenvalue weighted by molar-refractivity contribution is -0.122. The van der Waals surface area contributed by atoms with Crippen molar-refractivity contribution >= 4 is 11.7 Å². The third kappa shape index (κ3) is 4.96. The summed E-state index contributed by atoms with van der Waals surface area (Å²) in [4.78, 5) is 17.9. The third-order valence-corrected chi connectivity index (χ3v) is 5.50. The fourth-order valence-electron chi connectivity index (χ4n) is 4.03. The Morgan fingerprint density at radius 2 is 1.80 bits per heavy atom. The molecule has 6 heteroatoms. The number of aromatic nitrogens is 1. The van der Waals surface area contributed by atoms with E-state index in [0.717, 1.165) is 38.3 Å². The topological polar surface area (TPSA) is 61.6 Å². The van der Waals surface area contributed by atoms with Crippen LogP contribution in [-0.2, 0) is 11.3 Å². The minimum absolute atomic E-state index is 0.0818. The van der Waals surface area contributed by atoms with E-state index in [9.17, 15) is 4.79 Å². The van der Waals surface area contributed by atoms with Crippen LogP contribution in [0.15, 0.2) is 65.2 Å². The Morgan fingerprint density at radius 3 is 2.47 bits per heavy atom. The first-order chi connectivity index (χ1) is 14.6. The summed E-state index contributed by atoms with van der Waals surface area (Å²) < 4.78 is 5.09. The number of aryl methyl sites for hydroxylation is 2. The SMILES string of the molecule is Cc1cccc(CN2CCN(C(C(=O)Nc3cc(C)on3)c3ccccc3)CC2)c1. The van der Waals surface area contributed by atoms with Crippen LogP contribution in [-0.4, -0.2) is 47.0 Å². The zero-order chi connectivity index (χ0) is 20.9. The molecule has 0 bridgehead atoms. The number of amides is 1. The maximum absolute atomic E-state index is 13.2. The maximum atomic E-state index is 13.2. The number of carbonyl (C=O) groups is 1. The molecule has 1 fully saturated rings. The summed E-state index contributed by atoms with van der Waals surface area (Å²) in [5.74, 6) is 1.05. The highest BCUT2D eigenvalue weighted by atomic mass is 16.5. The van der Waals surface area contributed by atoms with Gasteiger partial charge in [0.2, 0.25) is 5.91 Å². The monoisotopic (exact) mass is 404 g/mol. The number of nitrogens with one attached hydrogen (secondary N) is 1. The average molecular weight is 405 g/mol. The number of rotatable bonds is 6. The smallest absolute Gasteiger partial charge is 0.247 e. The molecule has 0 spiro atoms. The summed E-state index contributed by atoms with van der Waals surface area (Å²) in [6, 6.07) is 20.0. The van der Waals surface area contributed by atoms with Crippen LogP contribution in [0.2, 0.25) is 0 Å². The summed E-state index contributed by atoms with van der Waals surface area (Å²) >= 11 is 0. The molecule has 0 radical (unpaired) electrons. The molecule has 1 amide bonds. The second kappa shape index (κ2) is 9.24. The van der Waals surface area contributed by atoms with E-state index in [-0.39, 0.29) is 11.9 Å². The molecule has 1 N–H and O–H groups in total. The lowest BCUT2D eigenvalue weighted by Gasteiger charge is -2.38. The Labute approximate surface area is 177 Å². The molecule has 2 aromatic carbocycles. The lowest BCUT2D eigenvalue weighted by atomic mass is 10.0. The molecule has 1 saturated heterocycles. The quantitative estimate of drug-likeness (QED) is 0.677. The van der Waals surface area contributed by atoms with Crippen LogP contribution in [0.4, 0.5) is 5.82 Å². The van der Waals surface area contributed by atoms with Gasteiger partial charge in [0.1, 0.15) is 11.8 Å². The molecule has 1 unspecified atom stereocenters. The normalized spacial score (nSPS) is 16.3. The van der Waals surface area contributed by atoms with Crippen LogP contribution < -0.4 is 5.32 Å². The fraction of sp³-hybridized carbons (Fsp3) is 0.333. The minimum atomic E-state index is -0.357. The van der Waals surface area contributed by atoms with Gasteiger partial charge in [0, 0.05) is 38.8 Å². The van der Waals surface area contributed by atoms with E-state index in [1.807, 2.05) is 37.3 Å². The number of anilines is 1. The van der Waals surface area contributed by atoms with Gasteiger partial charge < -0.3 is 9.84 Å². The number of carbonyl (C=O) groups excluding carboxylic acids is 1. The van der Waals surface area contributed by atoms with E-state index >= 15 is 0 Å². The van der Waals surface area contributed by atoms with Gasteiger partial charge in [-0.3, -0.25) is 14.6 Å². The minimum Gasteiger partial charge on any atom is -0.360 e. The van der Waals surface area contributed by atoms with E-state index in [1.54, 1.807) is 6.07 Å². The molecule has 4 rings (SSSR count). The largest absolute Gasteiger partial charge is 0.360 e. The number of benzene rings is 2. The summed E-state index contributed by atoms with van der Waals surface area (Å²) in [5.41, 5.74) is 3.61. The summed E-state index contributed by atoms with van der Waals surface area (Å²) in [6.45, 7) is 8.39. The molecule has 1 aliphatic heterocycles. The highest BCUT2D eigenvalue weighted by Crippen LogP contribution is 2.25. The van der Waals surface area contributed by atoms with Crippen molar-refractivity contribution in [1.82, 2.24) is 15.0 Å². The van der Waals surface area contributed by atoms with Gasteiger partial charge in [0.15, 0.2) is 5.82 Å². The van der Waals surface area contributed by atoms with E-state index in [0.29, 0.717) is 11.6 Å². The Balaban J connectivity index is 1.44. The zero-order valence-electron chi connectivity index (χ0n) is 17.5. The molecular formula is C24H28N4O2. The van der Waals surface area contributed by atoms with Crippen LogP contribution in [0.5, 0.6) is 0 Å². The van der Waals surface area contributed by atoms with Gasteiger partial charge in [0.25, 0.3) is 0 Å². The highest BCUT2D eigenvalue weighted by Gasteiger charge is 2.31. The van der Waals surface area contributed by atoms with Gasteiger partial charge in [-0.25, -0.2) is 0 Å². The van der Waals surface area contributed by atoms with Crippen LogP contribution >= 0.6 is 0 Å². The molecule has 1 atom stereocenters.